The zero-order valence-corrected chi connectivity index (χ0v) is 18.2. The van der Waals surface area contributed by atoms with E-state index in [1.54, 1.807) is 12.4 Å². The molecule has 0 saturated carbocycles. The molecule has 9 heteroatoms. The molecule has 0 spiro atoms. The molecule has 5 rings (SSSR count). The number of fused-ring (bicyclic) bond motifs is 2. The molecule has 8 nitrogen and oxygen atoms in total. The van der Waals surface area contributed by atoms with Crippen LogP contribution in [0.3, 0.4) is 0 Å². The third kappa shape index (κ3) is 4.15. The number of nitrogens with zero attached hydrogens (tertiary/aromatic N) is 4. The van der Waals surface area contributed by atoms with Gasteiger partial charge in [-0.15, -0.1) is 0 Å². The molecule has 4 aromatic rings. The van der Waals surface area contributed by atoms with Crippen LogP contribution in [0.25, 0.3) is 22.2 Å². The van der Waals surface area contributed by atoms with Gasteiger partial charge in [0.05, 0.1) is 19.2 Å². The fraction of sp³-hybridized carbons (Fsp3) is 0.217. The largest absolute Gasteiger partial charge is 0.467 e. The second kappa shape index (κ2) is 8.57. The van der Waals surface area contributed by atoms with Crippen molar-refractivity contribution in [2.45, 2.75) is 13.0 Å². The Bertz CT molecular complexity index is 1290. The zero-order chi connectivity index (χ0) is 22.1. The van der Waals surface area contributed by atoms with Crippen LogP contribution < -0.4 is 10.1 Å². The number of aromatic nitrogens is 4. The van der Waals surface area contributed by atoms with Gasteiger partial charge in [0.2, 0.25) is 5.91 Å². The maximum atomic E-state index is 12.5. The first-order valence-corrected chi connectivity index (χ1v) is 10.6. The van der Waals surface area contributed by atoms with E-state index in [9.17, 15) is 4.79 Å². The number of carbonyl (C=O) groups is 1. The third-order valence-corrected chi connectivity index (χ3v) is 5.75. The summed E-state index contributed by atoms with van der Waals surface area (Å²) >= 11 is 6.11. The molecule has 0 unspecified atom stereocenters. The monoisotopic (exact) mass is 448 g/mol. The van der Waals surface area contributed by atoms with Gasteiger partial charge < -0.3 is 10.1 Å². The fourth-order valence-corrected chi connectivity index (χ4v) is 4.16. The van der Waals surface area contributed by atoms with Gasteiger partial charge in [-0.2, -0.15) is 5.10 Å². The highest BCUT2D eigenvalue weighted by atomic mass is 35.5. The van der Waals surface area contributed by atoms with Crippen LogP contribution in [0.2, 0.25) is 5.02 Å². The Hall–Kier alpha value is -3.49. The maximum Gasteiger partial charge on any atom is 0.316 e. The molecule has 3 heterocycles. The van der Waals surface area contributed by atoms with Gasteiger partial charge in [0, 0.05) is 47.1 Å². The van der Waals surface area contributed by atoms with E-state index >= 15 is 0 Å². The number of methoxy groups -OCH3 is 1. The van der Waals surface area contributed by atoms with Crippen LogP contribution in [-0.2, 0) is 17.8 Å². The molecule has 1 aliphatic rings. The molecule has 0 bridgehead atoms. The van der Waals surface area contributed by atoms with Crippen LogP contribution in [0.4, 0.5) is 5.69 Å². The molecule has 0 saturated heterocycles. The minimum Gasteiger partial charge on any atom is -0.467 e. The van der Waals surface area contributed by atoms with Gasteiger partial charge in [0.25, 0.3) is 0 Å². The van der Waals surface area contributed by atoms with Crippen LogP contribution in [-0.4, -0.2) is 51.2 Å². The van der Waals surface area contributed by atoms with E-state index in [4.69, 9.17) is 16.3 Å². The molecule has 2 aromatic carbocycles. The summed E-state index contributed by atoms with van der Waals surface area (Å²) in [6, 6.07) is 12.1. The summed E-state index contributed by atoms with van der Waals surface area (Å²) in [5.74, 6) is -0.0301. The van der Waals surface area contributed by atoms with E-state index in [-0.39, 0.29) is 5.91 Å². The highest BCUT2D eigenvalue weighted by Gasteiger charge is 2.21. The predicted molar refractivity (Wildman–Crippen MR) is 123 cm³/mol. The quantitative estimate of drug-likeness (QED) is 0.483. The highest BCUT2D eigenvalue weighted by Crippen LogP contribution is 2.32. The minimum atomic E-state index is -0.0301. The van der Waals surface area contributed by atoms with Crippen LogP contribution in [0.15, 0.2) is 48.8 Å². The highest BCUT2D eigenvalue weighted by molar-refractivity contribution is 6.30. The number of hydrogen-bond acceptors (Lipinski definition) is 6. The van der Waals surface area contributed by atoms with Crippen LogP contribution in [0.5, 0.6) is 6.01 Å². The SMILES string of the molecule is COc1ncc(-c2n[nH]c3cc4c(cc23)CN(CCc2cccc(Cl)c2)CC(=O)N4)cn1. The zero-order valence-electron chi connectivity index (χ0n) is 17.4. The van der Waals surface area contributed by atoms with Crippen LogP contribution in [0.1, 0.15) is 11.1 Å². The summed E-state index contributed by atoms with van der Waals surface area (Å²) in [4.78, 5) is 23.0. The van der Waals surface area contributed by atoms with Gasteiger partial charge >= 0.3 is 6.01 Å². The number of anilines is 1. The molecular formula is C23H21ClN6O2. The Kier molecular flexibility index (Phi) is 5.46. The molecule has 2 N–H and O–H groups in total. The van der Waals surface area contributed by atoms with Gasteiger partial charge in [-0.25, -0.2) is 9.97 Å². The smallest absolute Gasteiger partial charge is 0.316 e. The average molecular weight is 449 g/mol. The van der Waals surface area contributed by atoms with Gasteiger partial charge in [0.15, 0.2) is 0 Å². The Balaban J connectivity index is 1.44. The molecule has 0 fully saturated rings. The van der Waals surface area contributed by atoms with E-state index < -0.39 is 0 Å². The van der Waals surface area contributed by atoms with Crippen molar-refractivity contribution >= 4 is 34.1 Å². The first-order valence-electron chi connectivity index (χ1n) is 10.2. The van der Waals surface area contributed by atoms with Crippen molar-refractivity contribution in [2.24, 2.45) is 0 Å². The van der Waals surface area contributed by atoms with Crippen LogP contribution >= 0.6 is 11.6 Å². The summed E-state index contributed by atoms with van der Waals surface area (Å²) in [5.41, 5.74) is 5.36. The number of H-pyrrole nitrogens is 1. The number of halogens is 1. The lowest BCUT2D eigenvalue weighted by Gasteiger charge is -2.19. The maximum absolute atomic E-state index is 12.5. The number of aromatic amines is 1. The lowest BCUT2D eigenvalue weighted by molar-refractivity contribution is -0.117. The van der Waals surface area contributed by atoms with E-state index in [0.717, 1.165) is 57.0 Å². The summed E-state index contributed by atoms with van der Waals surface area (Å²) in [5, 5.41) is 12.2. The summed E-state index contributed by atoms with van der Waals surface area (Å²) in [6.45, 7) is 1.73. The number of benzene rings is 2. The fourth-order valence-electron chi connectivity index (χ4n) is 3.95. The summed E-state index contributed by atoms with van der Waals surface area (Å²) < 4.78 is 5.04. The number of nitrogens with one attached hydrogen (secondary N) is 2. The van der Waals surface area contributed by atoms with Crippen molar-refractivity contribution in [3.8, 4) is 17.3 Å². The Morgan fingerprint density at radius 2 is 2.00 bits per heavy atom. The summed E-state index contributed by atoms with van der Waals surface area (Å²) in [7, 11) is 1.53. The third-order valence-electron chi connectivity index (χ3n) is 5.51. The van der Waals surface area contributed by atoms with Crippen molar-refractivity contribution in [1.29, 1.82) is 0 Å². The second-order valence-electron chi connectivity index (χ2n) is 7.72. The van der Waals surface area contributed by atoms with E-state index in [2.05, 4.69) is 42.5 Å². The molecule has 0 radical (unpaired) electrons. The van der Waals surface area contributed by atoms with Crippen LogP contribution in [0, 0.1) is 0 Å². The molecule has 162 valence electrons. The molecule has 0 atom stereocenters. The molecular weight excluding hydrogens is 428 g/mol. The Morgan fingerprint density at radius 3 is 2.78 bits per heavy atom. The van der Waals surface area contributed by atoms with Gasteiger partial charge in [-0.3, -0.25) is 14.8 Å². The van der Waals surface area contributed by atoms with Gasteiger partial charge in [-0.05, 0) is 41.8 Å². The number of hydrogen-bond donors (Lipinski definition) is 2. The lowest BCUT2D eigenvalue weighted by Crippen LogP contribution is -2.31. The van der Waals surface area contributed by atoms with E-state index in [1.807, 2.05) is 24.3 Å². The predicted octanol–water partition coefficient (Wildman–Crippen LogP) is 3.68. The molecule has 1 amide bonds. The first-order chi connectivity index (χ1) is 15.6. The molecule has 1 aliphatic heterocycles. The molecule has 2 aromatic heterocycles. The van der Waals surface area contributed by atoms with Crippen molar-refractivity contribution < 1.29 is 9.53 Å². The lowest BCUT2D eigenvalue weighted by atomic mass is 10.1. The number of amides is 1. The minimum absolute atomic E-state index is 0.0301. The topological polar surface area (TPSA) is 96.0 Å². The van der Waals surface area contributed by atoms with Crippen molar-refractivity contribution in [2.75, 3.05) is 25.5 Å². The van der Waals surface area contributed by atoms with Gasteiger partial charge in [0.1, 0.15) is 5.69 Å². The Morgan fingerprint density at radius 1 is 1.16 bits per heavy atom. The molecule has 0 aliphatic carbocycles. The number of ether oxygens (including phenoxy) is 1. The molecule has 32 heavy (non-hydrogen) atoms. The number of carbonyl (C=O) groups excluding carboxylic acids is 1. The number of rotatable bonds is 5. The summed E-state index contributed by atoms with van der Waals surface area (Å²) in [6.07, 6.45) is 4.18. The van der Waals surface area contributed by atoms with Crippen molar-refractivity contribution in [3.63, 3.8) is 0 Å². The normalized spacial score (nSPS) is 14.1. The average Bonchev–Trinajstić information content (AvgIpc) is 3.12. The van der Waals surface area contributed by atoms with Gasteiger partial charge in [-0.1, -0.05) is 23.7 Å². The standard InChI is InChI=1S/C23H21ClN6O2/c1-32-23-25-10-16(11-26-23)22-18-8-15-12-30(6-5-14-3-2-4-17(24)7-14)13-21(31)27-19(15)9-20(18)28-29-22/h2-4,7-11H,5-6,12-13H2,1H3,(H,27,31)(H,28,29). The first kappa shape index (κ1) is 20.4. The Labute approximate surface area is 189 Å². The van der Waals surface area contributed by atoms with Crippen molar-refractivity contribution in [3.05, 3.63) is 64.9 Å². The van der Waals surface area contributed by atoms with E-state index in [1.165, 1.54) is 7.11 Å². The van der Waals surface area contributed by atoms with Crippen molar-refractivity contribution in [1.82, 2.24) is 25.1 Å². The van der Waals surface area contributed by atoms with E-state index in [0.29, 0.717) is 19.1 Å². The second-order valence-corrected chi connectivity index (χ2v) is 8.16.